The number of fused-ring (bicyclic) bond motifs is 1. The number of aliphatic hydroxyl groups excluding tert-OH is 1. The van der Waals surface area contributed by atoms with Crippen molar-refractivity contribution in [1.82, 2.24) is 9.29 Å². The summed E-state index contributed by atoms with van der Waals surface area (Å²) in [6.45, 7) is 1.66. The van der Waals surface area contributed by atoms with Crippen LogP contribution in [0.15, 0.2) is 47.5 Å². The predicted molar refractivity (Wildman–Crippen MR) is 98.8 cm³/mol. The highest BCUT2D eigenvalue weighted by Gasteiger charge is 2.31. The van der Waals surface area contributed by atoms with E-state index in [9.17, 15) is 18.3 Å². The van der Waals surface area contributed by atoms with Gasteiger partial charge in [-0.2, -0.15) is 4.31 Å². The van der Waals surface area contributed by atoms with Gasteiger partial charge in [0.1, 0.15) is 5.75 Å². The molecule has 0 saturated carbocycles. The van der Waals surface area contributed by atoms with Crippen LogP contribution < -0.4 is 10.1 Å². The average molecular weight is 391 g/mol. The normalized spacial score (nSPS) is 15.0. The van der Waals surface area contributed by atoms with Gasteiger partial charge in [0, 0.05) is 19.3 Å². The Kier molecular flexibility index (Phi) is 5.73. The summed E-state index contributed by atoms with van der Waals surface area (Å²) < 4.78 is 33.2. The second-order valence-corrected chi connectivity index (χ2v) is 8.01. The second kappa shape index (κ2) is 8.03. The lowest BCUT2D eigenvalue weighted by Gasteiger charge is -2.28. The number of rotatable bonds is 7. The Morgan fingerprint density at radius 1 is 1.33 bits per heavy atom. The molecule has 9 heteroatoms. The van der Waals surface area contributed by atoms with Crippen LogP contribution in [0.5, 0.6) is 5.75 Å². The van der Waals surface area contributed by atoms with Crippen molar-refractivity contribution >= 4 is 21.6 Å². The van der Waals surface area contributed by atoms with E-state index in [0.717, 1.165) is 0 Å². The van der Waals surface area contributed by atoms with Gasteiger partial charge in [-0.15, -0.1) is 0 Å². The maximum Gasteiger partial charge on any atom is 0.262 e. The lowest BCUT2D eigenvalue weighted by Crippen LogP contribution is -2.35. The number of carbonyl (C=O) groups is 1. The van der Waals surface area contributed by atoms with Gasteiger partial charge in [0.25, 0.3) is 5.91 Å². The van der Waals surface area contributed by atoms with Gasteiger partial charge in [0.2, 0.25) is 10.0 Å². The molecule has 1 aromatic carbocycles. The molecule has 2 heterocycles. The maximum atomic E-state index is 13.3. The van der Waals surface area contributed by atoms with Crippen molar-refractivity contribution in [2.45, 2.75) is 24.3 Å². The van der Waals surface area contributed by atoms with Crippen LogP contribution in [0.3, 0.4) is 0 Å². The number of hydrogen-bond donors (Lipinski definition) is 2. The van der Waals surface area contributed by atoms with Gasteiger partial charge in [-0.3, -0.25) is 9.78 Å². The third-order valence-electron chi connectivity index (χ3n) is 4.27. The van der Waals surface area contributed by atoms with Gasteiger partial charge < -0.3 is 15.2 Å². The lowest BCUT2D eigenvalue weighted by molar-refractivity contribution is -0.118. The summed E-state index contributed by atoms with van der Waals surface area (Å²) in [5.74, 6) is 0.0873. The standard InChI is InChI=1S/C18H21N3O5S/c1-13(15-5-2-3-8-19-15)21(9-4-10-22)27(24,25)14-6-7-17-16(11-14)20-18(23)12-26-17/h2-3,5-8,11,13,22H,4,9-10,12H2,1H3,(H,20,23). The van der Waals surface area contributed by atoms with Crippen LogP contribution in [0.4, 0.5) is 5.69 Å². The number of aromatic nitrogens is 1. The molecule has 144 valence electrons. The molecule has 0 aliphatic carbocycles. The lowest BCUT2D eigenvalue weighted by atomic mass is 10.2. The fourth-order valence-electron chi connectivity index (χ4n) is 2.88. The molecule has 0 bridgehead atoms. The zero-order valence-electron chi connectivity index (χ0n) is 14.8. The Bertz CT molecular complexity index is 918. The van der Waals surface area contributed by atoms with E-state index in [2.05, 4.69) is 10.3 Å². The first-order chi connectivity index (χ1) is 12.9. The third-order valence-corrected chi connectivity index (χ3v) is 6.24. The number of hydrogen-bond acceptors (Lipinski definition) is 6. The molecule has 1 aliphatic rings. The molecule has 3 rings (SSSR count). The monoisotopic (exact) mass is 391 g/mol. The number of sulfonamides is 1. The molecule has 1 unspecified atom stereocenters. The van der Waals surface area contributed by atoms with E-state index >= 15 is 0 Å². The fourth-order valence-corrected chi connectivity index (χ4v) is 4.55. The molecule has 1 amide bonds. The van der Waals surface area contributed by atoms with Crippen LogP contribution in [0.1, 0.15) is 25.1 Å². The molecular weight excluding hydrogens is 370 g/mol. The summed E-state index contributed by atoms with van der Waals surface area (Å²) in [6, 6.07) is 9.15. The molecule has 0 fully saturated rings. The molecule has 2 N–H and O–H groups in total. The highest BCUT2D eigenvalue weighted by Crippen LogP contribution is 2.33. The number of carbonyl (C=O) groups excluding carboxylic acids is 1. The third kappa shape index (κ3) is 4.10. The molecule has 8 nitrogen and oxygen atoms in total. The summed E-state index contributed by atoms with van der Waals surface area (Å²) in [7, 11) is -3.90. The van der Waals surface area contributed by atoms with E-state index in [0.29, 0.717) is 23.6 Å². The molecule has 2 aromatic rings. The van der Waals surface area contributed by atoms with E-state index in [1.54, 1.807) is 31.3 Å². The van der Waals surface area contributed by atoms with E-state index in [4.69, 9.17) is 4.74 Å². The van der Waals surface area contributed by atoms with E-state index < -0.39 is 16.1 Å². The van der Waals surface area contributed by atoms with Crippen LogP contribution in [0.25, 0.3) is 0 Å². The minimum atomic E-state index is -3.90. The Morgan fingerprint density at radius 3 is 2.85 bits per heavy atom. The van der Waals surface area contributed by atoms with Crippen molar-refractivity contribution in [2.24, 2.45) is 0 Å². The first kappa shape index (κ1) is 19.3. The number of nitrogens with one attached hydrogen (secondary N) is 1. The van der Waals surface area contributed by atoms with E-state index in [1.807, 2.05) is 0 Å². The van der Waals surface area contributed by atoms with Crippen LogP contribution in [-0.4, -0.2) is 48.5 Å². The van der Waals surface area contributed by atoms with Gasteiger partial charge >= 0.3 is 0 Å². The van der Waals surface area contributed by atoms with Gasteiger partial charge in [-0.25, -0.2) is 8.42 Å². The predicted octanol–water partition coefficient (Wildman–Crippen LogP) is 1.55. The Labute approximate surface area is 157 Å². The number of anilines is 1. The summed E-state index contributed by atoms with van der Waals surface area (Å²) in [5.41, 5.74) is 0.925. The Hall–Kier alpha value is -2.49. The minimum Gasteiger partial charge on any atom is -0.482 e. The number of aliphatic hydroxyl groups is 1. The first-order valence-electron chi connectivity index (χ1n) is 8.54. The minimum absolute atomic E-state index is 0.0350. The summed E-state index contributed by atoms with van der Waals surface area (Å²) in [4.78, 5) is 15.8. The van der Waals surface area contributed by atoms with Crippen molar-refractivity contribution < 1.29 is 23.1 Å². The topological polar surface area (TPSA) is 109 Å². The fraction of sp³-hybridized carbons (Fsp3) is 0.333. The van der Waals surface area contributed by atoms with Crippen LogP contribution >= 0.6 is 0 Å². The van der Waals surface area contributed by atoms with E-state index in [1.165, 1.54) is 22.5 Å². The van der Waals surface area contributed by atoms with Crippen molar-refractivity contribution in [2.75, 3.05) is 25.1 Å². The molecular formula is C18H21N3O5S. The highest BCUT2D eigenvalue weighted by molar-refractivity contribution is 7.89. The Balaban J connectivity index is 1.98. The van der Waals surface area contributed by atoms with Crippen molar-refractivity contribution in [3.8, 4) is 5.75 Å². The second-order valence-electron chi connectivity index (χ2n) is 6.12. The average Bonchev–Trinajstić information content (AvgIpc) is 2.68. The van der Waals surface area contributed by atoms with Gasteiger partial charge in [-0.05, 0) is 43.7 Å². The SMILES string of the molecule is CC(c1ccccn1)N(CCCO)S(=O)(=O)c1ccc2c(c1)NC(=O)CO2. The van der Waals surface area contributed by atoms with Crippen LogP contribution in [0.2, 0.25) is 0 Å². The number of benzene rings is 1. The van der Waals surface area contributed by atoms with Crippen molar-refractivity contribution in [1.29, 1.82) is 0 Å². The zero-order chi connectivity index (χ0) is 19.4. The van der Waals surface area contributed by atoms with Gasteiger partial charge in [0.15, 0.2) is 6.61 Å². The zero-order valence-corrected chi connectivity index (χ0v) is 15.6. The molecule has 27 heavy (non-hydrogen) atoms. The summed E-state index contributed by atoms with van der Waals surface area (Å²) >= 11 is 0. The number of nitrogens with zero attached hydrogens (tertiary/aromatic N) is 2. The molecule has 1 aromatic heterocycles. The smallest absolute Gasteiger partial charge is 0.262 e. The first-order valence-corrected chi connectivity index (χ1v) is 9.98. The summed E-state index contributed by atoms with van der Waals surface area (Å²) in [5, 5.41) is 11.8. The van der Waals surface area contributed by atoms with Gasteiger partial charge in [0.05, 0.1) is 22.3 Å². The van der Waals surface area contributed by atoms with E-state index in [-0.39, 0.29) is 30.6 Å². The molecule has 0 radical (unpaired) electrons. The van der Waals surface area contributed by atoms with Crippen LogP contribution in [-0.2, 0) is 14.8 Å². The maximum absolute atomic E-state index is 13.3. The van der Waals surface area contributed by atoms with Crippen LogP contribution in [0, 0.1) is 0 Å². The number of amides is 1. The van der Waals surface area contributed by atoms with Crippen molar-refractivity contribution in [3.63, 3.8) is 0 Å². The number of pyridine rings is 1. The largest absolute Gasteiger partial charge is 0.482 e. The van der Waals surface area contributed by atoms with Gasteiger partial charge in [-0.1, -0.05) is 6.07 Å². The summed E-state index contributed by atoms with van der Waals surface area (Å²) in [6.07, 6.45) is 1.90. The molecule has 1 atom stereocenters. The number of ether oxygens (including phenoxy) is 1. The quantitative estimate of drug-likeness (QED) is 0.741. The molecule has 0 spiro atoms. The molecule has 0 saturated heterocycles. The Morgan fingerprint density at radius 2 is 2.15 bits per heavy atom. The molecule has 1 aliphatic heterocycles. The van der Waals surface area contributed by atoms with Crippen molar-refractivity contribution in [3.05, 3.63) is 48.3 Å². The highest BCUT2D eigenvalue weighted by atomic mass is 32.2.